The fraction of sp³-hybridized carbons (Fsp3) is 0.333. The molecule has 0 atom stereocenters. The Kier molecular flexibility index (Phi) is 5.73. The van der Waals surface area contributed by atoms with E-state index >= 15 is 0 Å². The van der Waals surface area contributed by atoms with Gasteiger partial charge in [-0.3, -0.25) is 9.69 Å². The van der Waals surface area contributed by atoms with Crippen LogP contribution < -0.4 is 4.74 Å². The van der Waals surface area contributed by atoms with Crippen LogP contribution in [0, 0.1) is 0 Å². The summed E-state index contributed by atoms with van der Waals surface area (Å²) in [5.74, 6) is 1.80. The highest BCUT2D eigenvalue weighted by Crippen LogP contribution is 2.26. The number of hydrogen-bond acceptors (Lipinski definition) is 6. The Bertz CT molecular complexity index is 897. The molecule has 146 valence electrons. The molecule has 3 heterocycles. The van der Waals surface area contributed by atoms with Crippen molar-refractivity contribution in [1.82, 2.24) is 14.8 Å². The van der Waals surface area contributed by atoms with Gasteiger partial charge in [-0.1, -0.05) is 0 Å². The molecule has 4 rings (SSSR count). The van der Waals surface area contributed by atoms with Gasteiger partial charge in [-0.2, -0.15) is 0 Å². The molecule has 2 aromatic heterocycles. The average molecular weight is 398 g/mol. The molecule has 7 heteroatoms. The largest absolute Gasteiger partial charge is 0.494 e. The molecule has 0 bridgehead atoms. The van der Waals surface area contributed by atoms with E-state index in [1.54, 1.807) is 6.26 Å². The van der Waals surface area contributed by atoms with Crippen LogP contribution in [-0.4, -0.2) is 53.5 Å². The smallest absolute Gasteiger partial charge is 0.273 e. The van der Waals surface area contributed by atoms with Gasteiger partial charge >= 0.3 is 0 Å². The number of nitrogens with zero attached hydrogens (tertiary/aromatic N) is 3. The molecule has 1 saturated heterocycles. The molecule has 1 aliphatic rings. The van der Waals surface area contributed by atoms with E-state index in [4.69, 9.17) is 9.15 Å². The quantitative estimate of drug-likeness (QED) is 0.634. The first-order valence-electron chi connectivity index (χ1n) is 9.45. The number of piperazine rings is 1. The predicted octanol–water partition coefficient (Wildman–Crippen LogP) is 3.76. The number of thiazole rings is 1. The van der Waals surface area contributed by atoms with E-state index in [1.165, 1.54) is 11.3 Å². The van der Waals surface area contributed by atoms with Crippen LogP contribution in [0.1, 0.15) is 23.2 Å². The van der Waals surface area contributed by atoms with Gasteiger partial charge in [0.1, 0.15) is 22.2 Å². The lowest BCUT2D eigenvalue weighted by Gasteiger charge is -2.33. The summed E-state index contributed by atoms with van der Waals surface area (Å²) in [7, 11) is 0. The summed E-state index contributed by atoms with van der Waals surface area (Å²) in [5, 5.41) is 2.70. The fourth-order valence-electron chi connectivity index (χ4n) is 3.26. The molecule has 28 heavy (non-hydrogen) atoms. The third kappa shape index (κ3) is 4.26. The van der Waals surface area contributed by atoms with Crippen molar-refractivity contribution >= 4 is 17.2 Å². The topological polar surface area (TPSA) is 58.8 Å². The molecule has 3 aromatic rings. The van der Waals surface area contributed by atoms with E-state index in [0.29, 0.717) is 25.4 Å². The van der Waals surface area contributed by atoms with Crippen molar-refractivity contribution < 1.29 is 13.9 Å². The lowest BCUT2D eigenvalue weighted by Crippen LogP contribution is -2.48. The van der Waals surface area contributed by atoms with Crippen LogP contribution in [0.5, 0.6) is 5.75 Å². The van der Waals surface area contributed by atoms with Crippen LogP contribution in [-0.2, 0) is 6.54 Å². The van der Waals surface area contributed by atoms with Crippen molar-refractivity contribution in [3.63, 3.8) is 0 Å². The molecule has 1 fully saturated rings. The van der Waals surface area contributed by atoms with Gasteiger partial charge in [0.25, 0.3) is 5.91 Å². The van der Waals surface area contributed by atoms with Crippen molar-refractivity contribution in [3.8, 4) is 16.3 Å². The zero-order valence-corrected chi connectivity index (χ0v) is 16.7. The summed E-state index contributed by atoms with van der Waals surface area (Å²) in [5.41, 5.74) is 1.52. The maximum absolute atomic E-state index is 12.8. The standard InChI is InChI=1S/C21H23N3O3S/c1-2-26-17-7-5-16(6-8-17)20-22-19(15-28-20)21(25)24-11-9-23(10-12-24)14-18-4-3-13-27-18/h3-8,13,15H,2,9-12,14H2,1H3. The Balaban J connectivity index is 1.35. The van der Waals surface area contributed by atoms with Gasteiger partial charge in [-0.15, -0.1) is 11.3 Å². The fourth-order valence-corrected chi connectivity index (χ4v) is 4.06. The summed E-state index contributed by atoms with van der Waals surface area (Å²) in [6, 6.07) is 11.7. The van der Waals surface area contributed by atoms with Gasteiger partial charge in [0, 0.05) is 37.1 Å². The SMILES string of the molecule is CCOc1ccc(-c2nc(C(=O)N3CCN(Cc4ccco4)CC3)cs2)cc1. The second-order valence-electron chi connectivity index (χ2n) is 6.64. The Morgan fingerprint density at radius 3 is 2.64 bits per heavy atom. The second-order valence-corrected chi connectivity index (χ2v) is 7.50. The van der Waals surface area contributed by atoms with Crippen molar-refractivity contribution in [3.05, 3.63) is 59.5 Å². The first-order chi connectivity index (χ1) is 13.7. The third-order valence-electron chi connectivity index (χ3n) is 4.75. The summed E-state index contributed by atoms with van der Waals surface area (Å²) < 4.78 is 10.9. The minimum atomic E-state index is 0.00563. The normalized spacial score (nSPS) is 15.0. The predicted molar refractivity (Wildman–Crippen MR) is 109 cm³/mol. The van der Waals surface area contributed by atoms with E-state index in [2.05, 4.69) is 9.88 Å². The Hall–Kier alpha value is -2.64. The lowest BCUT2D eigenvalue weighted by molar-refractivity contribution is 0.0615. The highest BCUT2D eigenvalue weighted by Gasteiger charge is 2.24. The number of benzene rings is 1. The minimum Gasteiger partial charge on any atom is -0.494 e. The van der Waals surface area contributed by atoms with Crippen molar-refractivity contribution in [2.45, 2.75) is 13.5 Å². The molecule has 0 unspecified atom stereocenters. The Morgan fingerprint density at radius 1 is 1.18 bits per heavy atom. The van der Waals surface area contributed by atoms with Gasteiger partial charge in [-0.25, -0.2) is 4.98 Å². The molecular formula is C21H23N3O3S. The maximum Gasteiger partial charge on any atom is 0.273 e. The lowest BCUT2D eigenvalue weighted by atomic mass is 10.2. The molecule has 1 aromatic carbocycles. The van der Waals surface area contributed by atoms with E-state index in [0.717, 1.165) is 41.7 Å². The number of amides is 1. The minimum absolute atomic E-state index is 0.00563. The average Bonchev–Trinajstić information content (AvgIpc) is 3.41. The first kappa shape index (κ1) is 18.7. The molecule has 0 spiro atoms. The van der Waals surface area contributed by atoms with Crippen molar-refractivity contribution in [2.24, 2.45) is 0 Å². The summed E-state index contributed by atoms with van der Waals surface area (Å²) >= 11 is 1.50. The monoisotopic (exact) mass is 397 g/mol. The van der Waals surface area contributed by atoms with Gasteiger partial charge in [0.2, 0.25) is 0 Å². The second kappa shape index (κ2) is 8.58. The third-order valence-corrected chi connectivity index (χ3v) is 5.65. The zero-order valence-electron chi connectivity index (χ0n) is 15.8. The van der Waals surface area contributed by atoms with Gasteiger partial charge in [0.05, 0.1) is 19.4 Å². The van der Waals surface area contributed by atoms with Crippen LogP contribution in [0.2, 0.25) is 0 Å². The summed E-state index contributed by atoms with van der Waals surface area (Å²) in [6.07, 6.45) is 1.69. The van der Waals surface area contributed by atoms with E-state index < -0.39 is 0 Å². The van der Waals surface area contributed by atoms with Crippen molar-refractivity contribution in [2.75, 3.05) is 32.8 Å². The molecule has 1 amide bonds. The van der Waals surface area contributed by atoms with E-state index in [9.17, 15) is 4.79 Å². The number of ether oxygens (including phenoxy) is 1. The van der Waals surface area contributed by atoms with Crippen molar-refractivity contribution in [1.29, 1.82) is 0 Å². The molecule has 0 aliphatic carbocycles. The summed E-state index contributed by atoms with van der Waals surface area (Å²) in [4.78, 5) is 21.6. The number of aromatic nitrogens is 1. The molecule has 6 nitrogen and oxygen atoms in total. The summed E-state index contributed by atoms with van der Waals surface area (Å²) in [6.45, 7) is 6.47. The van der Waals surface area contributed by atoms with Gasteiger partial charge < -0.3 is 14.1 Å². The molecule has 1 aliphatic heterocycles. The highest BCUT2D eigenvalue weighted by atomic mass is 32.1. The van der Waals surface area contributed by atoms with Crippen LogP contribution >= 0.6 is 11.3 Å². The Labute approximate surface area is 168 Å². The van der Waals surface area contributed by atoms with Crippen LogP contribution in [0.4, 0.5) is 0 Å². The van der Waals surface area contributed by atoms with Crippen LogP contribution in [0.25, 0.3) is 10.6 Å². The highest BCUT2D eigenvalue weighted by molar-refractivity contribution is 7.13. The zero-order chi connectivity index (χ0) is 19.3. The number of carbonyl (C=O) groups excluding carboxylic acids is 1. The first-order valence-corrected chi connectivity index (χ1v) is 10.3. The number of rotatable bonds is 6. The van der Waals surface area contributed by atoms with Gasteiger partial charge in [-0.05, 0) is 43.3 Å². The molecule has 0 N–H and O–H groups in total. The van der Waals surface area contributed by atoms with Gasteiger partial charge in [0.15, 0.2) is 0 Å². The number of hydrogen-bond donors (Lipinski definition) is 0. The Morgan fingerprint density at radius 2 is 1.96 bits per heavy atom. The molecule has 0 saturated carbocycles. The molecular weight excluding hydrogens is 374 g/mol. The van der Waals surface area contributed by atoms with E-state index in [-0.39, 0.29) is 5.91 Å². The number of carbonyl (C=O) groups is 1. The van der Waals surface area contributed by atoms with E-state index in [1.807, 2.05) is 53.6 Å². The molecule has 0 radical (unpaired) electrons. The maximum atomic E-state index is 12.8. The van der Waals surface area contributed by atoms with Crippen LogP contribution in [0.3, 0.4) is 0 Å². The number of furan rings is 1. The van der Waals surface area contributed by atoms with Crippen LogP contribution in [0.15, 0.2) is 52.5 Å².